The summed E-state index contributed by atoms with van der Waals surface area (Å²) in [7, 11) is 0. The smallest absolute Gasteiger partial charge is 0.266 e. The molecule has 0 atom stereocenters. The van der Waals surface area contributed by atoms with Crippen molar-refractivity contribution in [2.24, 2.45) is 0 Å². The Morgan fingerprint density at radius 1 is 1.35 bits per heavy atom. The lowest BCUT2D eigenvalue weighted by Crippen LogP contribution is -2.29. The van der Waals surface area contributed by atoms with Crippen LogP contribution in [0, 0.1) is 25.2 Å². The summed E-state index contributed by atoms with van der Waals surface area (Å²) >= 11 is 11.7. The van der Waals surface area contributed by atoms with Crippen molar-refractivity contribution in [2.75, 3.05) is 0 Å². The van der Waals surface area contributed by atoms with Gasteiger partial charge in [-0.05, 0) is 25.5 Å². The number of hydrogen-bond donors (Lipinski definition) is 0. The van der Waals surface area contributed by atoms with Crippen molar-refractivity contribution in [3.8, 4) is 11.9 Å². The molecule has 0 unspecified atom stereocenters. The highest BCUT2D eigenvalue weighted by molar-refractivity contribution is 6.31. The van der Waals surface area contributed by atoms with Crippen LogP contribution in [0.1, 0.15) is 29.4 Å². The van der Waals surface area contributed by atoms with Crippen LogP contribution in [0.2, 0.25) is 10.0 Å². The number of aryl methyl sites for hydroxylation is 2. The molecule has 0 N–H and O–H groups in total. The normalized spacial score (nSPS) is 11.4. The van der Waals surface area contributed by atoms with E-state index in [-0.39, 0.29) is 5.82 Å². The van der Waals surface area contributed by atoms with Gasteiger partial charge in [0.05, 0.1) is 16.3 Å². The summed E-state index contributed by atoms with van der Waals surface area (Å²) < 4.78 is 28.0. The first-order valence-electron chi connectivity index (χ1n) is 6.33. The summed E-state index contributed by atoms with van der Waals surface area (Å²) in [5.41, 5.74) is -1.63. The highest BCUT2D eigenvalue weighted by Gasteiger charge is 2.34. The van der Waals surface area contributed by atoms with Gasteiger partial charge < -0.3 is 0 Å². The highest BCUT2D eigenvalue weighted by atomic mass is 35.5. The van der Waals surface area contributed by atoms with E-state index in [1.807, 2.05) is 0 Å². The van der Waals surface area contributed by atoms with Gasteiger partial charge in [-0.15, -0.1) is 0 Å². The van der Waals surface area contributed by atoms with Crippen LogP contribution >= 0.6 is 23.2 Å². The molecule has 0 radical (unpaired) electrons. The third-order valence-corrected chi connectivity index (χ3v) is 3.83. The average molecular weight is 359 g/mol. The van der Waals surface area contributed by atoms with E-state index >= 15 is 0 Å². The number of pyridine rings is 1. The Morgan fingerprint density at radius 3 is 2.48 bits per heavy atom. The first-order valence-corrected chi connectivity index (χ1v) is 7.08. The molecular weight excluding hydrogens is 349 g/mol. The fourth-order valence-corrected chi connectivity index (χ4v) is 2.54. The predicted octanol–water partition coefficient (Wildman–Crippen LogP) is 3.53. The van der Waals surface area contributed by atoms with Crippen molar-refractivity contribution in [3.63, 3.8) is 0 Å². The molecule has 2 aromatic rings. The molecule has 0 bridgehead atoms. The van der Waals surface area contributed by atoms with Gasteiger partial charge in [-0.3, -0.25) is 4.79 Å². The minimum atomic E-state index is -3.48. The third kappa shape index (κ3) is 3.05. The van der Waals surface area contributed by atoms with Gasteiger partial charge >= 0.3 is 0 Å². The molecular formula is C14H10Cl2F2N4O. The maximum Gasteiger partial charge on any atom is 0.292 e. The topological polar surface area (TPSA) is 71.6 Å². The number of halogens is 4. The van der Waals surface area contributed by atoms with E-state index in [4.69, 9.17) is 28.5 Å². The van der Waals surface area contributed by atoms with Gasteiger partial charge in [0.25, 0.3) is 11.5 Å². The van der Waals surface area contributed by atoms with Crippen molar-refractivity contribution in [3.05, 3.63) is 49.0 Å². The largest absolute Gasteiger partial charge is 0.292 e. The Kier molecular flexibility index (Phi) is 4.42. The summed E-state index contributed by atoms with van der Waals surface area (Å²) in [4.78, 5) is 16.4. The molecule has 0 fully saturated rings. The average Bonchev–Trinajstić information content (AvgIpc) is 2.44. The van der Waals surface area contributed by atoms with Crippen LogP contribution in [0.4, 0.5) is 8.78 Å². The van der Waals surface area contributed by atoms with Crippen LogP contribution < -0.4 is 5.56 Å². The van der Waals surface area contributed by atoms with Crippen molar-refractivity contribution in [1.29, 1.82) is 5.26 Å². The van der Waals surface area contributed by atoms with E-state index in [1.165, 1.54) is 6.07 Å². The molecule has 0 aliphatic carbocycles. The van der Waals surface area contributed by atoms with Gasteiger partial charge in [-0.2, -0.15) is 15.0 Å². The van der Waals surface area contributed by atoms with E-state index in [9.17, 15) is 13.6 Å². The zero-order chi connectivity index (χ0) is 17.5. The van der Waals surface area contributed by atoms with Gasteiger partial charge in [-0.1, -0.05) is 23.2 Å². The van der Waals surface area contributed by atoms with Crippen LogP contribution in [0.15, 0.2) is 10.9 Å². The second kappa shape index (κ2) is 5.87. The van der Waals surface area contributed by atoms with Gasteiger partial charge in [0.15, 0.2) is 11.5 Å². The van der Waals surface area contributed by atoms with Gasteiger partial charge in [0.1, 0.15) is 11.1 Å². The van der Waals surface area contributed by atoms with Crippen molar-refractivity contribution < 1.29 is 8.78 Å². The monoisotopic (exact) mass is 358 g/mol. The predicted molar refractivity (Wildman–Crippen MR) is 81.4 cm³/mol. The molecule has 0 spiro atoms. The Bertz CT molecular complexity index is 898. The maximum atomic E-state index is 13.6. The summed E-state index contributed by atoms with van der Waals surface area (Å²) in [5, 5.41) is 12.4. The number of alkyl halides is 2. The van der Waals surface area contributed by atoms with E-state index in [1.54, 1.807) is 19.9 Å². The minimum absolute atomic E-state index is 0.0706. The van der Waals surface area contributed by atoms with Crippen molar-refractivity contribution in [2.45, 2.75) is 26.7 Å². The first kappa shape index (κ1) is 17.3. The Labute approximate surface area is 140 Å². The van der Waals surface area contributed by atoms with Crippen LogP contribution in [0.5, 0.6) is 0 Å². The van der Waals surface area contributed by atoms with E-state index in [0.29, 0.717) is 23.2 Å². The fraction of sp³-hybridized carbons (Fsp3) is 0.286. The molecule has 0 amide bonds. The second-order valence-corrected chi connectivity index (χ2v) is 5.74. The van der Waals surface area contributed by atoms with Crippen molar-refractivity contribution in [1.82, 2.24) is 14.8 Å². The van der Waals surface area contributed by atoms with Gasteiger partial charge in [-0.25, -0.2) is 13.8 Å². The Hall–Kier alpha value is -2.04. The molecule has 120 valence electrons. The van der Waals surface area contributed by atoms with Crippen LogP contribution in [0.25, 0.3) is 5.82 Å². The van der Waals surface area contributed by atoms with Gasteiger partial charge in [0.2, 0.25) is 0 Å². The molecule has 2 aromatic heterocycles. The zero-order valence-corrected chi connectivity index (χ0v) is 13.8. The lowest BCUT2D eigenvalue weighted by Gasteiger charge is -2.16. The molecule has 0 aliphatic rings. The zero-order valence-electron chi connectivity index (χ0n) is 12.3. The second-order valence-electron chi connectivity index (χ2n) is 4.95. The summed E-state index contributed by atoms with van der Waals surface area (Å²) in [6.45, 7) is 3.76. The standard InChI is InChI=1S/C14H10Cl2F2N4O/c1-6-4-8(15)7(2)20-12(6)22-13(23)11(16)10(14(3,17)18)9(5-19)21-22/h4H,1-3H3. The number of nitrogens with zero attached hydrogens (tertiary/aromatic N) is 4. The van der Waals surface area contributed by atoms with Crippen LogP contribution in [-0.4, -0.2) is 14.8 Å². The number of nitriles is 1. The lowest BCUT2D eigenvalue weighted by atomic mass is 10.1. The molecule has 0 saturated carbocycles. The van der Waals surface area contributed by atoms with E-state index < -0.39 is 27.8 Å². The molecule has 2 rings (SSSR count). The summed E-state index contributed by atoms with van der Waals surface area (Å²) in [6, 6.07) is 3.09. The number of rotatable bonds is 2. The highest BCUT2D eigenvalue weighted by Crippen LogP contribution is 2.33. The maximum absolute atomic E-state index is 13.6. The van der Waals surface area contributed by atoms with E-state index in [0.717, 1.165) is 4.68 Å². The minimum Gasteiger partial charge on any atom is -0.266 e. The number of aromatic nitrogens is 3. The molecule has 0 aromatic carbocycles. The quantitative estimate of drug-likeness (QED) is 0.822. The molecule has 9 heteroatoms. The molecule has 0 aliphatic heterocycles. The summed E-state index contributed by atoms with van der Waals surface area (Å²) in [5.74, 6) is -3.41. The first-order chi connectivity index (χ1) is 10.6. The van der Waals surface area contributed by atoms with Gasteiger partial charge in [0, 0.05) is 6.92 Å². The molecule has 23 heavy (non-hydrogen) atoms. The van der Waals surface area contributed by atoms with Crippen LogP contribution in [-0.2, 0) is 5.92 Å². The SMILES string of the molecule is Cc1cc(Cl)c(C)nc1-n1nc(C#N)c(C(C)(F)F)c(Cl)c1=O. The third-order valence-electron chi connectivity index (χ3n) is 3.10. The molecule has 0 saturated heterocycles. The number of hydrogen-bond acceptors (Lipinski definition) is 4. The fourth-order valence-electron chi connectivity index (χ4n) is 2.00. The lowest BCUT2D eigenvalue weighted by molar-refractivity contribution is 0.0165. The summed E-state index contributed by atoms with van der Waals surface area (Å²) in [6.07, 6.45) is 0. The van der Waals surface area contributed by atoms with E-state index in [2.05, 4.69) is 10.1 Å². The van der Waals surface area contributed by atoms with Crippen LogP contribution in [0.3, 0.4) is 0 Å². The Balaban J connectivity index is 2.88. The molecule has 2 heterocycles. The Morgan fingerprint density at radius 2 is 1.96 bits per heavy atom. The van der Waals surface area contributed by atoms with Crippen molar-refractivity contribution >= 4 is 23.2 Å². The molecule has 5 nitrogen and oxygen atoms in total.